The van der Waals surface area contributed by atoms with Gasteiger partial charge in [0.15, 0.2) is 0 Å². The molecule has 2 N–H and O–H groups in total. The number of hydrogen-bond acceptors (Lipinski definition) is 6. The molecule has 3 heterocycles. The summed E-state index contributed by atoms with van der Waals surface area (Å²) in [6, 6.07) is 12.9. The quantitative estimate of drug-likeness (QED) is 0.707. The lowest BCUT2D eigenvalue weighted by Crippen LogP contribution is -2.31. The Morgan fingerprint density at radius 2 is 2.18 bits per heavy atom. The van der Waals surface area contributed by atoms with Gasteiger partial charge in [0, 0.05) is 10.6 Å². The fourth-order valence-corrected chi connectivity index (χ4v) is 4.10. The normalized spacial score (nSPS) is 15.4. The van der Waals surface area contributed by atoms with E-state index in [0.717, 1.165) is 4.88 Å². The van der Waals surface area contributed by atoms with Crippen LogP contribution in [0, 0.1) is 11.3 Å². The number of thiophene rings is 1. The molecule has 0 aliphatic carbocycles. The molecule has 1 unspecified atom stereocenters. The highest BCUT2D eigenvalue weighted by Gasteiger charge is 2.35. The van der Waals surface area contributed by atoms with Crippen molar-refractivity contribution in [3.63, 3.8) is 0 Å². The van der Waals surface area contributed by atoms with Crippen molar-refractivity contribution < 1.29 is 9.53 Å². The average molecular weight is 391 g/mol. The molecule has 0 radical (unpaired) electrons. The Morgan fingerprint density at radius 3 is 2.89 bits per heavy atom. The first-order valence-corrected chi connectivity index (χ1v) is 9.45. The molecule has 0 bridgehead atoms. The van der Waals surface area contributed by atoms with Gasteiger partial charge in [0.05, 0.1) is 24.6 Å². The third-order valence-electron chi connectivity index (χ3n) is 4.56. The lowest BCUT2D eigenvalue weighted by atomic mass is 10.00. The van der Waals surface area contributed by atoms with Gasteiger partial charge in [0.1, 0.15) is 29.2 Å². The summed E-state index contributed by atoms with van der Waals surface area (Å²) >= 11 is 1.54. The van der Waals surface area contributed by atoms with Crippen LogP contribution in [0.5, 0.6) is 5.75 Å². The molecule has 0 saturated carbocycles. The van der Waals surface area contributed by atoms with E-state index >= 15 is 0 Å². The zero-order chi connectivity index (χ0) is 19.7. The molecule has 8 heteroatoms. The molecule has 1 aliphatic heterocycles. The van der Waals surface area contributed by atoms with Crippen molar-refractivity contribution in [3.05, 3.63) is 69.7 Å². The smallest absolute Gasteiger partial charge is 0.256 e. The van der Waals surface area contributed by atoms with Crippen LogP contribution in [-0.2, 0) is 4.79 Å². The molecule has 7 nitrogen and oxygen atoms in total. The Balaban J connectivity index is 1.78. The predicted molar refractivity (Wildman–Crippen MR) is 107 cm³/mol. The average Bonchev–Trinajstić information content (AvgIpc) is 3.37. The number of carbonyl (C=O) groups is 1. The molecule has 140 valence electrons. The van der Waals surface area contributed by atoms with E-state index in [-0.39, 0.29) is 5.91 Å². The van der Waals surface area contributed by atoms with E-state index < -0.39 is 6.04 Å². The highest BCUT2D eigenvalue weighted by molar-refractivity contribution is 7.10. The Labute approximate surface area is 165 Å². The van der Waals surface area contributed by atoms with E-state index in [2.05, 4.69) is 21.8 Å². The van der Waals surface area contributed by atoms with Gasteiger partial charge in [-0.25, -0.2) is 4.68 Å². The number of hydrogen-bond donors (Lipinski definition) is 2. The molecule has 1 aliphatic rings. The number of nitrogens with zero attached hydrogens (tertiary/aromatic N) is 3. The number of methoxy groups -OCH3 is 1. The number of nitrogens with one attached hydrogen (secondary N) is 2. The van der Waals surface area contributed by atoms with Crippen molar-refractivity contribution >= 4 is 28.7 Å². The summed E-state index contributed by atoms with van der Waals surface area (Å²) in [5, 5.41) is 21.8. The van der Waals surface area contributed by atoms with Crippen LogP contribution in [0.25, 0.3) is 0 Å². The maximum Gasteiger partial charge on any atom is 0.256 e. The van der Waals surface area contributed by atoms with Gasteiger partial charge < -0.3 is 15.4 Å². The molecule has 3 aromatic rings. The van der Waals surface area contributed by atoms with Crippen molar-refractivity contribution in [1.29, 1.82) is 5.26 Å². The molecule has 2 aromatic heterocycles. The van der Waals surface area contributed by atoms with E-state index in [1.165, 1.54) is 17.5 Å². The first kappa shape index (κ1) is 17.8. The molecule has 1 aromatic carbocycles. The molecule has 1 atom stereocenters. The predicted octanol–water partition coefficient (Wildman–Crippen LogP) is 3.75. The number of benzene rings is 1. The monoisotopic (exact) mass is 391 g/mol. The van der Waals surface area contributed by atoms with Crippen LogP contribution in [0.15, 0.2) is 59.2 Å². The fourth-order valence-electron chi connectivity index (χ4n) is 3.28. The van der Waals surface area contributed by atoms with Gasteiger partial charge in [-0.2, -0.15) is 10.4 Å². The van der Waals surface area contributed by atoms with Gasteiger partial charge in [-0.15, -0.1) is 11.3 Å². The van der Waals surface area contributed by atoms with E-state index in [0.29, 0.717) is 34.1 Å². The minimum atomic E-state index is -0.423. The van der Waals surface area contributed by atoms with E-state index in [9.17, 15) is 10.1 Å². The molecule has 1 amide bonds. The van der Waals surface area contributed by atoms with Crippen molar-refractivity contribution in [2.75, 3.05) is 17.7 Å². The highest BCUT2D eigenvalue weighted by atomic mass is 32.1. The lowest BCUT2D eigenvalue weighted by Gasteiger charge is -2.29. The third-order valence-corrected chi connectivity index (χ3v) is 5.48. The zero-order valence-corrected chi connectivity index (χ0v) is 16.1. The van der Waals surface area contributed by atoms with Crippen LogP contribution in [0.1, 0.15) is 23.4 Å². The number of fused-ring (bicyclic) bond motifs is 1. The second-order valence-electron chi connectivity index (χ2n) is 6.20. The molecule has 0 saturated heterocycles. The molecule has 0 fully saturated rings. The molecule has 0 spiro atoms. The highest BCUT2D eigenvalue weighted by Crippen LogP contribution is 2.39. The number of amides is 1. The fraction of sp³-hybridized carbons (Fsp3) is 0.150. The van der Waals surface area contributed by atoms with Gasteiger partial charge in [-0.05, 0) is 30.5 Å². The number of para-hydroxylation sites is 2. The summed E-state index contributed by atoms with van der Waals surface area (Å²) in [6.45, 7) is 1.83. The second-order valence-corrected chi connectivity index (χ2v) is 7.18. The van der Waals surface area contributed by atoms with Gasteiger partial charge in [-0.3, -0.25) is 4.79 Å². The van der Waals surface area contributed by atoms with Crippen LogP contribution in [-0.4, -0.2) is 22.8 Å². The summed E-state index contributed by atoms with van der Waals surface area (Å²) in [4.78, 5) is 14.2. The van der Waals surface area contributed by atoms with Gasteiger partial charge in [0.25, 0.3) is 5.91 Å². The summed E-state index contributed by atoms with van der Waals surface area (Å²) in [7, 11) is 1.56. The van der Waals surface area contributed by atoms with E-state index in [1.807, 2.05) is 36.6 Å². The zero-order valence-electron chi connectivity index (χ0n) is 15.3. The number of aromatic nitrogens is 2. The SMILES string of the molecule is COc1ccccc1NC(=O)C1=C(C)Nc2c(C#N)cnn2C1c1cccs1. The topological polar surface area (TPSA) is 92.0 Å². The summed E-state index contributed by atoms with van der Waals surface area (Å²) in [6.07, 6.45) is 1.51. The van der Waals surface area contributed by atoms with Crippen LogP contribution < -0.4 is 15.4 Å². The van der Waals surface area contributed by atoms with Crippen LogP contribution in [0.3, 0.4) is 0 Å². The minimum absolute atomic E-state index is 0.257. The van der Waals surface area contributed by atoms with Crippen molar-refractivity contribution in [2.24, 2.45) is 0 Å². The standard InChI is InChI=1S/C20H17N5O2S/c1-12-17(20(26)24-14-6-3-4-7-15(14)27-2)18(16-8-5-9-28-16)25-19(23-12)13(10-21)11-22-25/h3-9,11,18,23H,1-2H3,(H,24,26). The van der Waals surface area contributed by atoms with Crippen molar-refractivity contribution in [2.45, 2.75) is 13.0 Å². The number of ether oxygens (including phenoxy) is 1. The lowest BCUT2D eigenvalue weighted by molar-refractivity contribution is -0.113. The van der Waals surface area contributed by atoms with Crippen LogP contribution in [0.2, 0.25) is 0 Å². The molecular weight excluding hydrogens is 374 g/mol. The summed E-state index contributed by atoms with van der Waals surface area (Å²) in [5.74, 6) is 0.914. The second kappa shape index (κ2) is 7.21. The van der Waals surface area contributed by atoms with Crippen LogP contribution >= 0.6 is 11.3 Å². The molecular formula is C20H17N5O2S. The largest absolute Gasteiger partial charge is 0.495 e. The molecule has 28 heavy (non-hydrogen) atoms. The minimum Gasteiger partial charge on any atom is -0.495 e. The number of anilines is 2. The van der Waals surface area contributed by atoms with Crippen molar-refractivity contribution in [3.8, 4) is 11.8 Å². The van der Waals surface area contributed by atoms with E-state index in [1.54, 1.807) is 23.9 Å². The van der Waals surface area contributed by atoms with Crippen LogP contribution in [0.4, 0.5) is 11.5 Å². The number of rotatable bonds is 4. The Bertz CT molecular complexity index is 1110. The van der Waals surface area contributed by atoms with E-state index in [4.69, 9.17) is 4.74 Å². The first-order valence-electron chi connectivity index (χ1n) is 8.57. The number of carbonyl (C=O) groups excluding carboxylic acids is 1. The Hall–Kier alpha value is -3.57. The summed E-state index contributed by atoms with van der Waals surface area (Å²) < 4.78 is 7.02. The Kier molecular flexibility index (Phi) is 4.59. The first-order chi connectivity index (χ1) is 13.6. The number of allylic oxidation sites excluding steroid dienone is 1. The molecule has 4 rings (SSSR count). The third kappa shape index (κ3) is 2.92. The Morgan fingerprint density at radius 1 is 1.36 bits per heavy atom. The van der Waals surface area contributed by atoms with Gasteiger partial charge in [-0.1, -0.05) is 18.2 Å². The summed E-state index contributed by atoms with van der Waals surface area (Å²) in [5.41, 5.74) is 2.23. The maximum atomic E-state index is 13.3. The van der Waals surface area contributed by atoms with Crippen molar-refractivity contribution in [1.82, 2.24) is 9.78 Å². The van der Waals surface area contributed by atoms with Gasteiger partial charge >= 0.3 is 0 Å². The van der Waals surface area contributed by atoms with Gasteiger partial charge in [0.2, 0.25) is 0 Å². The maximum absolute atomic E-state index is 13.3. The number of nitriles is 1.